The second-order valence-electron chi connectivity index (χ2n) is 3.44. The number of nitrogens with one attached hydrogen (secondary N) is 1. The first-order chi connectivity index (χ1) is 6.77. The molecule has 76 valence electrons. The predicted molar refractivity (Wildman–Crippen MR) is 60.8 cm³/mol. The normalized spacial score (nSPS) is 22.9. The van der Waals surface area contributed by atoms with Crippen LogP contribution >= 0.6 is 22.6 Å². The summed E-state index contributed by atoms with van der Waals surface area (Å²) in [7, 11) is 0. The summed E-state index contributed by atoms with van der Waals surface area (Å²) in [5.41, 5.74) is 0. The van der Waals surface area contributed by atoms with Crippen LogP contribution in [-0.2, 0) is 4.79 Å². The molecule has 0 bridgehead atoms. The van der Waals surface area contributed by atoms with E-state index in [4.69, 9.17) is 0 Å². The summed E-state index contributed by atoms with van der Waals surface area (Å²) in [5.74, 6) is 0.0991. The van der Waals surface area contributed by atoms with Gasteiger partial charge in [0.1, 0.15) is 6.04 Å². The van der Waals surface area contributed by atoms with E-state index in [0.29, 0.717) is 0 Å². The molecule has 1 atom stereocenters. The monoisotopic (exact) mass is 305 g/mol. The zero-order chi connectivity index (χ0) is 9.97. The van der Waals surface area contributed by atoms with Crippen molar-refractivity contribution in [2.75, 3.05) is 6.54 Å². The summed E-state index contributed by atoms with van der Waals surface area (Å²) >= 11 is 2.20. The third-order valence-electron chi connectivity index (χ3n) is 2.40. The minimum atomic E-state index is -0.110. The molecular weight excluding hydrogens is 293 g/mol. The lowest BCUT2D eigenvalue weighted by Crippen LogP contribution is -2.31. The van der Waals surface area contributed by atoms with E-state index in [2.05, 4.69) is 33.0 Å². The summed E-state index contributed by atoms with van der Waals surface area (Å²) < 4.78 is 2.84. The minimum Gasteiger partial charge on any atom is -0.354 e. The summed E-state index contributed by atoms with van der Waals surface area (Å²) in [6.07, 6.45) is 6.74. The van der Waals surface area contributed by atoms with Crippen LogP contribution in [0.2, 0.25) is 0 Å². The third kappa shape index (κ3) is 2.08. The second-order valence-corrected chi connectivity index (χ2v) is 4.69. The molecule has 1 saturated heterocycles. The maximum absolute atomic E-state index is 11.6. The van der Waals surface area contributed by atoms with Crippen molar-refractivity contribution in [1.82, 2.24) is 15.1 Å². The molecular formula is C9H12IN3O. The summed E-state index contributed by atoms with van der Waals surface area (Å²) in [4.78, 5) is 11.6. The highest BCUT2D eigenvalue weighted by atomic mass is 127. The Hall–Kier alpha value is -0.590. The number of hydrogen-bond donors (Lipinski definition) is 1. The van der Waals surface area contributed by atoms with E-state index in [1.807, 2.05) is 6.20 Å². The molecule has 1 amide bonds. The molecule has 0 aromatic carbocycles. The van der Waals surface area contributed by atoms with Crippen LogP contribution in [0, 0.1) is 3.57 Å². The highest BCUT2D eigenvalue weighted by molar-refractivity contribution is 14.1. The molecule has 4 nitrogen and oxygen atoms in total. The number of carbonyl (C=O) groups excluding carboxylic acids is 1. The van der Waals surface area contributed by atoms with E-state index >= 15 is 0 Å². The van der Waals surface area contributed by atoms with E-state index in [1.165, 1.54) is 0 Å². The fourth-order valence-electron chi connectivity index (χ4n) is 1.66. The van der Waals surface area contributed by atoms with Crippen molar-refractivity contribution in [3.05, 3.63) is 16.0 Å². The van der Waals surface area contributed by atoms with Crippen molar-refractivity contribution in [3.63, 3.8) is 0 Å². The fourth-order valence-corrected chi connectivity index (χ4v) is 2.07. The van der Waals surface area contributed by atoms with Crippen molar-refractivity contribution < 1.29 is 4.79 Å². The van der Waals surface area contributed by atoms with Crippen molar-refractivity contribution >= 4 is 28.5 Å². The quantitative estimate of drug-likeness (QED) is 0.796. The number of carbonyl (C=O) groups is 1. The van der Waals surface area contributed by atoms with Crippen LogP contribution < -0.4 is 5.32 Å². The van der Waals surface area contributed by atoms with Gasteiger partial charge in [-0.3, -0.25) is 9.48 Å². The van der Waals surface area contributed by atoms with E-state index < -0.39 is 0 Å². The van der Waals surface area contributed by atoms with Gasteiger partial charge in [0, 0.05) is 12.7 Å². The van der Waals surface area contributed by atoms with E-state index in [0.717, 1.165) is 29.4 Å². The molecule has 1 aliphatic rings. The number of amides is 1. The van der Waals surface area contributed by atoms with Gasteiger partial charge in [0.15, 0.2) is 0 Å². The molecule has 1 aromatic rings. The molecule has 0 aliphatic carbocycles. The Balaban J connectivity index is 2.18. The first-order valence-corrected chi connectivity index (χ1v) is 5.82. The molecule has 1 fully saturated rings. The highest BCUT2D eigenvalue weighted by Gasteiger charge is 2.22. The Labute approximate surface area is 96.2 Å². The van der Waals surface area contributed by atoms with Gasteiger partial charge in [-0.05, 0) is 41.9 Å². The van der Waals surface area contributed by atoms with Gasteiger partial charge in [0.25, 0.3) is 0 Å². The number of rotatable bonds is 1. The number of aromatic nitrogens is 2. The van der Waals surface area contributed by atoms with E-state index in [-0.39, 0.29) is 11.9 Å². The topological polar surface area (TPSA) is 46.9 Å². The van der Waals surface area contributed by atoms with Gasteiger partial charge in [-0.15, -0.1) is 0 Å². The lowest BCUT2D eigenvalue weighted by atomic mass is 10.1. The van der Waals surface area contributed by atoms with Crippen LogP contribution in [0.4, 0.5) is 0 Å². The molecule has 0 spiro atoms. The molecule has 14 heavy (non-hydrogen) atoms. The lowest BCUT2D eigenvalue weighted by Gasteiger charge is -2.12. The van der Waals surface area contributed by atoms with Crippen molar-refractivity contribution in [2.24, 2.45) is 0 Å². The molecule has 5 heteroatoms. The van der Waals surface area contributed by atoms with Crippen LogP contribution in [0.3, 0.4) is 0 Å². The Bertz CT molecular complexity index is 337. The number of nitrogens with zero attached hydrogens (tertiary/aromatic N) is 2. The molecule has 1 aromatic heterocycles. The molecule has 2 rings (SSSR count). The maximum atomic E-state index is 11.6. The van der Waals surface area contributed by atoms with Gasteiger partial charge < -0.3 is 5.32 Å². The molecule has 1 unspecified atom stereocenters. The predicted octanol–water partition coefficient (Wildman–Crippen LogP) is 1.33. The van der Waals surface area contributed by atoms with Crippen LogP contribution in [0.25, 0.3) is 0 Å². The van der Waals surface area contributed by atoms with Crippen molar-refractivity contribution in [3.8, 4) is 0 Å². The zero-order valence-electron chi connectivity index (χ0n) is 7.74. The van der Waals surface area contributed by atoms with Gasteiger partial charge in [-0.25, -0.2) is 0 Å². The van der Waals surface area contributed by atoms with Crippen LogP contribution in [-0.4, -0.2) is 22.2 Å². The molecule has 1 N–H and O–H groups in total. The largest absolute Gasteiger partial charge is 0.354 e. The van der Waals surface area contributed by atoms with E-state index in [9.17, 15) is 4.79 Å². The van der Waals surface area contributed by atoms with Crippen molar-refractivity contribution in [2.45, 2.75) is 25.3 Å². The average molecular weight is 305 g/mol. The standard InChI is InChI=1S/C9H12IN3O/c10-7-5-12-13(6-7)8-3-1-2-4-11-9(8)14/h5-6,8H,1-4H2,(H,11,14). The SMILES string of the molecule is O=C1NCCCCC1n1cc(I)cn1. The van der Waals surface area contributed by atoms with Crippen LogP contribution in [0.15, 0.2) is 12.4 Å². The Kier molecular flexibility index (Phi) is 3.05. The third-order valence-corrected chi connectivity index (χ3v) is 2.95. The Morgan fingerprint density at radius 2 is 2.43 bits per heavy atom. The Morgan fingerprint density at radius 1 is 1.57 bits per heavy atom. The van der Waals surface area contributed by atoms with Gasteiger partial charge in [-0.1, -0.05) is 0 Å². The Morgan fingerprint density at radius 3 is 3.14 bits per heavy atom. The van der Waals surface area contributed by atoms with Crippen LogP contribution in [0.5, 0.6) is 0 Å². The zero-order valence-corrected chi connectivity index (χ0v) is 9.90. The first kappa shape index (κ1) is 9.95. The second kappa shape index (κ2) is 4.29. The first-order valence-electron chi connectivity index (χ1n) is 4.75. The van der Waals surface area contributed by atoms with Crippen molar-refractivity contribution in [1.29, 1.82) is 0 Å². The van der Waals surface area contributed by atoms with Gasteiger partial charge >= 0.3 is 0 Å². The maximum Gasteiger partial charge on any atom is 0.244 e. The molecule has 0 saturated carbocycles. The van der Waals surface area contributed by atoms with Gasteiger partial charge in [0.05, 0.1) is 9.77 Å². The average Bonchev–Trinajstić information content (AvgIpc) is 2.46. The number of hydrogen-bond acceptors (Lipinski definition) is 2. The highest BCUT2D eigenvalue weighted by Crippen LogP contribution is 2.18. The van der Waals surface area contributed by atoms with Gasteiger partial charge in [-0.2, -0.15) is 5.10 Å². The molecule has 2 heterocycles. The number of halogens is 1. The summed E-state index contributed by atoms with van der Waals surface area (Å²) in [5, 5.41) is 7.08. The molecule has 0 radical (unpaired) electrons. The summed E-state index contributed by atoms with van der Waals surface area (Å²) in [6, 6.07) is -0.110. The van der Waals surface area contributed by atoms with Crippen LogP contribution in [0.1, 0.15) is 25.3 Å². The van der Waals surface area contributed by atoms with E-state index in [1.54, 1.807) is 10.9 Å². The fraction of sp³-hybridized carbons (Fsp3) is 0.556. The van der Waals surface area contributed by atoms with Gasteiger partial charge in [0.2, 0.25) is 5.91 Å². The molecule has 1 aliphatic heterocycles. The summed E-state index contributed by atoms with van der Waals surface area (Å²) in [6.45, 7) is 0.799. The smallest absolute Gasteiger partial charge is 0.244 e. The lowest BCUT2D eigenvalue weighted by molar-refractivity contribution is -0.124. The minimum absolute atomic E-state index is 0.0991.